The van der Waals surface area contributed by atoms with Gasteiger partial charge >= 0.3 is 0 Å². The molecule has 0 aliphatic carbocycles. The third-order valence-corrected chi connectivity index (χ3v) is 5.38. The number of ketones is 1. The van der Waals surface area contributed by atoms with Gasteiger partial charge in [0.1, 0.15) is 11.6 Å². The number of hydrogen-bond donors (Lipinski definition) is 1. The van der Waals surface area contributed by atoms with Crippen LogP contribution in [0.1, 0.15) is 22.8 Å². The molecule has 1 aliphatic heterocycles. The monoisotopic (exact) mass is 417 g/mol. The van der Waals surface area contributed by atoms with Gasteiger partial charge in [-0.3, -0.25) is 9.69 Å². The van der Waals surface area contributed by atoms with E-state index < -0.39 is 0 Å². The van der Waals surface area contributed by atoms with Crippen molar-refractivity contribution in [1.82, 2.24) is 9.80 Å². The van der Waals surface area contributed by atoms with Crippen LogP contribution in [0.5, 0.6) is 5.75 Å². The van der Waals surface area contributed by atoms with Gasteiger partial charge in [0.25, 0.3) is 0 Å². The Kier molecular flexibility index (Phi) is 6.77. The van der Waals surface area contributed by atoms with E-state index in [9.17, 15) is 9.18 Å². The molecule has 0 radical (unpaired) electrons. The summed E-state index contributed by atoms with van der Waals surface area (Å²) in [6.45, 7) is 5.41. The lowest BCUT2D eigenvalue weighted by Gasteiger charge is -2.39. The molecule has 1 saturated heterocycles. The highest BCUT2D eigenvalue weighted by Gasteiger charge is 2.22. The Morgan fingerprint density at radius 2 is 2.03 bits per heavy atom. The van der Waals surface area contributed by atoms with Crippen LogP contribution in [-0.2, 0) is 6.54 Å². The van der Waals surface area contributed by atoms with Crippen molar-refractivity contribution >= 4 is 23.1 Å². The molecule has 0 unspecified atom stereocenters. The molecule has 0 amide bonds. The predicted octanol–water partition coefficient (Wildman–Crippen LogP) is 3.97. The second kappa shape index (κ2) is 9.29. The van der Waals surface area contributed by atoms with E-state index in [0.29, 0.717) is 22.0 Å². The van der Waals surface area contributed by atoms with Crippen LogP contribution in [-0.4, -0.2) is 48.4 Å². The van der Waals surface area contributed by atoms with Gasteiger partial charge in [0.15, 0.2) is 5.78 Å². The maximum Gasteiger partial charge on any atom is 0.189 e. The van der Waals surface area contributed by atoms with Crippen LogP contribution in [0.25, 0.3) is 0 Å². The third-order valence-electron chi connectivity index (χ3n) is 5.09. The van der Waals surface area contributed by atoms with Crippen LogP contribution in [0.15, 0.2) is 48.7 Å². The van der Waals surface area contributed by atoms with E-state index in [-0.39, 0.29) is 17.6 Å². The first-order valence-electron chi connectivity index (χ1n) is 9.45. The minimum absolute atomic E-state index is 0.196. The highest BCUT2D eigenvalue weighted by molar-refractivity contribution is 6.32. The van der Waals surface area contributed by atoms with Gasteiger partial charge in [-0.05, 0) is 36.8 Å². The first kappa shape index (κ1) is 21.1. The minimum Gasteiger partial charge on any atom is -0.495 e. The fourth-order valence-corrected chi connectivity index (χ4v) is 3.70. The van der Waals surface area contributed by atoms with Gasteiger partial charge in [-0.15, -0.1) is 0 Å². The number of benzene rings is 2. The van der Waals surface area contributed by atoms with Gasteiger partial charge < -0.3 is 15.4 Å². The van der Waals surface area contributed by atoms with E-state index in [1.807, 2.05) is 18.3 Å². The van der Waals surface area contributed by atoms with Crippen molar-refractivity contribution in [2.24, 2.45) is 0 Å². The number of ether oxygens (including phenoxy) is 1. The van der Waals surface area contributed by atoms with Gasteiger partial charge in [-0.25, -0.2) is 4.39 Å². The van der Waals surface area contributed by atoms with Crippen molar-refractivity contribution in [2.75, 3.05) is 32.5 Å². The first-order chi connectivity index (χ1) is 13.9. The lowest BCUT2D eigenvalue weighted by molar-refractivity contribution is 0.103. The van der Waals surface area contributed by atoms with Crippen molar-refractivity contribution in [3.63, 3.8) is 0 Å². The molecule has 3 rings (SSSR count). The molecule has 0 spiro atoms. The van der Waals surface area contributed by atoms with Crippen molar-refractivity contribution < 1.29 is 13.9 Å². The fourth-order valence-electron chi connectivity index (χ4n) is 3.45. The second-order valence-electron chi connectivity index (χ2n) is 7.20. The molecule has 2 N–H and O–H groups in total. The van der Waals surface area contributed by atoms with Gasteiger partial charge in [-0.1, -0.05) is 23.7 Å². The third kappa shape index (κ3) is 5.28. The van der Waals surface area contributed by atoms with E-state index in [1.165, 1.54) is 31.4 Å². The average Bonchev–Trinajstić information content (AvgIpc) is 2.69. The average molecular weight is 418 g/mol. The molecule has 2 aromatic rings. The molecule has 7 heteroatoms. The summed E-state index contributed by atoms with van der Waals surface area (Å²) in [6.07, 6.45) is 3.36. The summed E-state index contributed by atoms with van der Waals surface area (Å²) < 4.78 is 18.2. The normalized spacial score (nSPS) is 17.7. The molecule has 5 nitrogen and oxygen atoms in total. The van der Waals surface area contributed by atoms with Crippen LogP contribution < -0.4 is 10.5 Å². The fraction of sp³-hybridized carbons (Fsp3) is 0.318. The smallest absolute Gasteiger partial charge is 0.189 e. The topological polar surface area (TPSA) is 58.8 Å². The molecular formula is C22H25ClFN3O2. The van der Waals surface area contributed by atoms with Crippen molar-refractivity contribution in [3.8, 4) is 5.75 Å². The number of methoxy groups -OCH3 is 1. The van der Waals surface area contributed by atoms with Crippen LogP contribution in [0.2, 0.25) is 5.02 Å². The zero-order valence-corrected chi connectivity index (χ0v) is 17.3. The Hall–Kier alpha value is -2.57. The molecule has 2 aromatic carbocycles. The molecule has 1 aliphatic rings. The molecule has 1 fully saturated rings. The zero-order valence-electron chi connectivity index (χ0n) is 16.6. The van der Waals surface area contributed by atoms with E-state index in [2.05, 4.69) is 16.7 Å². The number of nitrogens with two attached hydrogens (primary N) is 1. The first-order valence-corrected chi connectivity index (χ1v) is 9.83. The molecule has 1 heterocycles. The van der Waals surface area contributed by atoms with E-state index in [4.69, 9.17) is 22.1 Å². The summed E-state index contributed by atoms with van der Waals surface area (Å²) >= 11 is 6.04. The van der Waals surface area contributed by atoms with E-state index in [1.54, 1.807) is 6.07 Å². The maximum atomic E-state index is 13.1. The number of rotatable bonds is 6. The highest BCUT2D eigenvalue weighted by Crippen LogP contribution is 2.30. The van der Waals surface area contributed by atoms with E-state index >= 15 is 0 Å². The number of nitrogen functional groups attached to an aromatic ring is 1. The Morgan fingerprint density at radius 1 is 1.31 bits per heavy atom. The molecule has 154 valence electrons. The summed E-state index contributed by atoms with van der Waals surface area (Å²) in [7, 11) is 1.49. The number of anilines is 1. The molecule has 0 aromatic heterocycles. The lowest BCUT2D eigenvalue weighted by Crippen LogP contribution is -2.49. The number of nitrogens with zero attached hydrogens (tertiary/aromatic N) is 2. The Labute approximate surface area is 175 Å². The van der Waals surface area contributed by atoms with Crippen LogP contribution in [0, 0.1) is 5.82 Å². The highest BCUT2D eigenvalue weighted by atomic mass is 35.5. The molecule has 1 atom stereocenters. The number of piperazine rings is 1. The molecule has 0 saturated carbocycles. The SMILES string of the molecule is COc1cc(C(=O)/C=C/N2CCN(Cc3ccc(F)cc3)C[C@H]2C)c(N)cc1Cl. The number of halogens is 2. The number of allylic oxidation sites excluding steroid dienone is 1. The summed E-state index contributed by atoms with van der Waals surface area (Å²) in [6, 6.07) is 9.94. The zero-order chi connectivity index (χ0) is 21.0. The summed E-state index contributed by atoms with van der Waals surface area (Å²) in [4.78, 5) is 17.1. The largest absolute Gasteiger partial charge is 0.495 e. The number of hydrogen-bond acceptors (Lipinski definition) is 5. The summed E-state index contributed by atoms with van der Waals surface area (Å²) in [5, 5.41) is 0.372. The quantitative estimate of drug-likeness (QED) is 0.438. The lowest BCUT2D eigenvalue weighted by atomic mass is 10.1. The second-order valence-corrected chi connectivity index (χ2v) is 7.61. The van der Waals surface area contributed by atoms with E-state index in [0.717, 1.165) is 31.7 Å². The van der Waals surface area contributed by atoms with Crippen molar-refractivity contribution in [2.45, 2.75) is 19.5 Å². The summed E-state index contributed by atoms with van der Waals surface area (Å²) in [5.74, 6) is -0.000475. The Bertz CT molecular complexity index is 902. The number of carbonyl (C=O) groups excluding carboxylic acids is 1. The molecule has 29 heavy (non-hydrogen) atoms. The minimum atomic E-state index is -0.222. The van der Waals surface area contributed by atoms with Crippen molar-refractivity contribution in [1.29, 1.82) is 0 Å². The van der Waals surface area contributed by atoms with Gasteiger partial charge in [0, 0.05) is 55.7 Å². The molecular weight excluding hydrogens is 393 g/mol. The molecule has 0 bridgehead atoms. The predicted molar refractivity (Wildman–Crippen MR) is 114 cm³/mol. The van der Waals surface area contributed by atoms with Gasteiger partial charge in [0.05, 0.1) is 12.1 Å². The Morgan fingerprint density at radius 3 is 2.69 bits per heavy atom. The van der Waals surface area contributed by atoms with Crippen LogP contribution >= 0.6 is 11.6 Å². The van der Waals surface area contributed by atoms with Crippen LogP contribution in [0.4, 0.5) is 10.1 Å². The standard InChI is InChI=1S/C22H25ClFN3O2/c1-15-13-26(14-16-3-5-17(24)6-4-16)9-10-27(15)8-7-21(28)18-11-22(29-2)19(23)12-20(18)25/h3-8,11-12,15H,9-10,13-14,25H2,1-2H3/b8-7+/t15-/m1/s1. The van der Waals surface area contributed by atoms with Gasteiger partial charge in [-0.2, -0.15) is 0 Å². The Balaban J connectivity index is 1.60. The number of carbonyl (C=O) groups is 1. The van der Waals surface area contributed by atoms with Crippen molar-refractivity contribution in [3.05, 3.63) is 70.6 Å². The van der Waals surface area contributed by atoms with Crippen LogP contribution in [0.3, 0.4) is 0 Å². The maximum absolute atomic E-state index is 13.1. The van der Waals surface area contributed by atoms with Gasteiger partial charge in [0.2, 0.25) is 0 Å². The summed E-state index contributed by atoms with van der Waals surface area (Å²) in [5.41, 5.74) is 7.72.